The minimum absolute atomic E-state index is 0.0822. The number of rotatable bonds is 22. The number of ketones is 3. The normalized spacial score (nSPS) is 16.7. The molecule has 6 atom stereocenters. The molecule has 0 spiro atoms. The minimum Gasteiger partial charge on any atom is -0.343 e. The van der Waals surface area contributed by atoms with Crippen LogP contribution < -0.4 is 33.2 Å². The van der Waals surface area contributed by atoms with Crippen molar-refractivity contribution >= 4 is 68.5 Å². The number of amides is 5. The molecule has 5 amide bonds. The van der Waals surface area contributed by atoms with Crippen LogP contribution in [0.1, 0.15) is 107 Å². The van der Waals surface area contributed by atoms with Gasteiger partial charge in [-0.2, -0.15) is 13.2 Å². The predicted octanol–water partition coefficient (Wildman–Crippen LogP) is 2.14. The van der Waals surface area contributed by atoms with Gasteiger partial charge in [0.15, 0.2) is 11.6 Å². The summed E-state index contributed by atoms with van der Waals surface area (Å²) in [6.07, 6.45) is 0.124. The van der Waals surface area contributed by atoms with Crippen molar-refractivity contribution in [3.05, 3.63) is 53.1 Å². The van der Waals surface area contributed by atoms with E-state index in [4.69, 9.17) is 28.8 Å². The number of carbonyl (C=O) groups is 8. The summed E-state index contributed by atoms with van der Waals surface area (Å²) in [5, 5.41) is 5.16. The summed E-state index contributed by atoms with van der Waals surface area (Å²) in [5.41, 5.74) is 15.7. The molecule has 1 aliphatic rings. The summed E-state index contributed by atoms with van der Waals surface area (Å²) in [4.78, 5) is 117. The lowest BCUT2D eigenvalue weighted by atomic mass is 9.66. The molecule has 1 heterocycles. The zero-order chi connectivity index (χ0) is 49.9. The van der Waals surface area contributed by atoms with E-state index in [2.05, 4.69) is 15.3 Å². The van der Waals surface area contributed by atoms with E-state index in [1.54, 1.807) is 33.0 Å². The van der Waals surface area contributed by atoms with Crippen LogP contribution in [0.2, 0.25) is 5.02 Å². The number of imide groups is 1. The molecule has 0 radical (unpaired) electrons. The maximum Gasteiger partial charge on any atom is 0.405 e. The van der Waals surface area contributed by atoms with E-state index in [1.165, 1.54) is 19.3 Å². The van der Waals surface area contributed by atoms with Gasteiger partial charge in [0.1, 0.15) is 29.7 Å². The summed E-state index contributed by atoms with van der Waals surface area (Å²) >= 11 is 6.28. The highest BCUT2D eigenvalue weighted by Crippen LogP contribution is 2.38. The molecule has 364 valence electrons. The lowest BCUT2D eigenvalue weighted by Crippen LogP contribution is -2.63. The molecule has 1 aromatic carbocycles. The van der Waals surface area contributed by atoms with Gasteiger partial charge in [0, 0.05) is 18.0 Å². The average molecular weight is 972 g/mol. The van der Waals surface area contributed by atoms with Crippen LogP contribution in [0.4, 0.5) is 13.2 Å². The van der Waals surface area contributed by atoms with E-state index in [1.807, 2.05) is 5.32 Å². The van der Waals surface area contributed by atoms with Gasteiger partial charge in [-0.05, 0) is 68.6 Å². The molecule has 24 heteroatoms. The highest BCUT2D eigenvalue weighted by Gasteiger charge is 2.52. The Labute approximate surface area is 385 Å². The molecule has 0 bridgehead atoms. The number of halogens is 4. The van der Waals surface area contributed by atoms with Crippen LogP contribution in [-0.4, -0.2) is 113 Å². The summed E-state index contributed by atoms with van der Waals surface area (Å²) in [5.74, 6) is -13.9. The first-order valence-electron chi connectivity index (χ1n) is 21.2. The fraction of sp³-hybridized carbons (Fsp3) is 0.571. The quantitative estimate of drug-likeness (QED) is 0.0728. The first-order chi connectivity index (χ1) is 30.7. The Kier molecular flexibility index (Phi) is 19.6. The van der Waals surface area contributed by atoms with Crippen LogP contribution in [0.5, 0.6) is 0 Å². The van der Waals surface area contributed by atoms with Crippen molar-refractivity contribution in [3.63, 3.8) is 0 Å². The third-order valence-electron chi connectivity index (χ3n) is 11.3. The lowest BCUT2D eigenvalue weighted by Gasteiger charge is -2.41. The van der Waals surface area contributed by atoms with Crippen molar-refractivity contribution < 1.29 is 59.9 Å². The van der Waals surface area contributed by atoms with Gasteiger partial charge in [-0.1, -0.05) is 65.0 Å². The van der Waals surface area contributed by atoms with E-state index in [-0.39, 0.29) is 35.2 Å². The predicted molar refractivity (Wildman–Crippen MR) is 232 cm³/mol. The number of hydrogen-bond acceptors (Lipinski definition) is 15. The van der Waals surface area contributed by atoms with E-state index < -0.39 is 139 Å². The molecule has 1 fully saturated rings. The minimum atomic E-state index is -5.65. The zero-order valence-electron chi connectivity index (χ0n) is 37.2. The first kappa shape index (κ1) is 55.1. The smallest absolute Gasteiger partial charge is 0.343 e. The number of nitrogens with one attached hydrogen (secondary N) is 3. The molecule has 2 aromatic rings. The van der Waals surface area contributed by atoms with Gasteiger partial charge in [-0.15, -0.1) is 0 Å². The van der Waals surface area contributed by atoms with E-state index in [9.17, 15) is 59.9 Å². The number of aromatic nitrogens is 2. The number of sulfonamides is 1. The van der Waals surface area contributed by atoms with Gasteiger partial charge < -0.3 is 27.8 Å². The highest BCUT2D eigenvalue weighted by molar-refractivity contribution is 7.90. The van der Waals surface area contributed by atoms with Crippen molar-refractivity contribution in [2.75, 3.05) is 13.1 Å². The Balaban J connectivity index is 2.21. The van der Waals surface area contributed by atoms with Crippen LogP contribution in [0.15, 0.2) is 41.7 Å². The monoisotopic (exact) mass is 971 g/mol. The summed E-state index contributed by atoms with van der Waals surface area (Å²) in [7, 11) is -5.65. The van der Waals surface area contributed by atoms with Gasteiger partial charge in [0.25, 0.3) is 21.8 Å². The number of Topliss-reactive ketones (excluding diaryl/α,β-unsaturated/α-hetero) is 3. The van der Waals surface area contributed by atoms with E-state index in [0.717, 1.165) is 18.3 Å². The number of carbonyl (C=O) groups excluding carboxylic acids is 8. The summed E-state index contributed by atoms with van der Waals surface area (Å²) < 4.78 is 68.0. The average Bonchev–Trinajstić information content (AvgIpc) is 3.27. The van der Waals surface area contributed by atoms with Gasteiger partial charge >= 0.3 is 12.1 Å². The maximum absolute atomic E-state index is 14.9. The van der Waals surface area contributed by atoms with Crippen LogP contribution in [-0.2, 0) is 38.8 Å². The van der Waals surface area contributed by atoms with E-state index in [0.29, 0.717) is 31.7 Å². The molecule has 66 heavy (non-hydrogen) atoms. The second-order valence-electron chi connectivity index (χ2n) is 16.9. The maximum atomic E-state index is 14.9. The van der Waals surface area contributed by atoms with Gasteiger partial charge in [0.2, 0.25) is 17.6 Å². The van der Waals surface area contributed by atoms with Crippen molar-refractivity contribution in [1.82, 2.24) is 30.2 Å². The summed E-state index contributed by atoms with van der Waals surface area (Å²) in [6, 6.07) is -1.85. The number of nitrogens with two attached hydrogens (primary N) is 3. The summed E-state index contributed by atoms with van der Waals surface area (Å²) in [6.45, 7) is 4.56. The number of alkyl halides is 3. The van der Waals surface area contributed by atoms with Gasteiger partial charge in [-0.3, -0.25) is 48.7 Å². The molecule has 9 N–H and O–H groups in total. The fourth-order valence-corrected chi connectivity index (χ4v) is 9.22. The number of benzene rings is 1. The molecular weight excluding hydrogens is 915 g/mol. The Bertz CT molecular complexity index is 2250. The zero-order valence-corrected chi connectivity index (χ0v) is 38.7. The Hall–Kier alpha value is -5.23. The molecule has 19 nitrogen and oxygen atoms in total. The second kappa shape index (κ2) is 23.5. The largest absolute Gasteiger partial charge is 0.405 e. The molecule has 0 saturated heterocycles. The number of nitrogens with zero attached hydrogens (tertiary/aromatic N) is 3. The first-order valence-corrected chi connectivity index (χ1v) is 23.0. The van der Waals surface area contributed by atoms with Crippen LogP contribution in [0.3, 0.4) is 0 Å². The third kappa shape index (κ3) is 14.4. The highest BCUT2D eigenvalue weighted by atomic mass is 35.5. The molecule has 0 aliphatic heterocycles. The standard InChI is InChI=1S/C42H57ClF3N9O10S/c1-6-23(4)33(48)35(58)27(34(57)24(5)47)18-41(49,26-10-8-7-9-11-26)36(59)40(63)55(66(64,65)31-17-25(12-13-28(31)43)37(60)52-21-42(44,45)46)20-32(56)54-38(61)29(16-22(2)3)53-39(62)30-19-50-14-15-51-30/h12-15,17,19,22-24,26-27,29,33H,6-11,16,18,20-21,47-49H2,1-5H3,(H,52,60)(H,53,62)(H,54,56,61)/t23-,24-,27?,29-,33-,41-/m0/s1. The van der Waals surface area contributed by atoms with Crippen molar-refractivity contribution in [2.24, 2.45) is 40.9 Å². The Morgan fingerprint density at radius 3 is 2.12 bits per heavy atom. The molecule has 1 aliphatic carbocycles. The van der Waals surface area contributed by atoms with Crippen molar-refractivity contribution in [3.8, 4) is 0 Å². The molecule has 1 unspecified atom stereocenters. The lowest BCUT2D eigenvalue weighted by molar-refractivity contribution is -0.148. The van der Waals surface area contributed by atoms with Crippen LogP contribution in [0.25, 0.3) is 0 Å². The van der Waals surface area contributed by atoms with Crippen molar-refractivity contribution in [2.45, 2.75) is 121 Å². The second-order valence-corrected chi connectivity index (χ2v) is 19.1. The Morgan fingerprint density at radius 1 is 0.939 bits per heavy atom. The fourth-order valence-electron chi connectivity index (χ4n) is 7.39. The van der Waals surface area contributed by atoms with E-state index >= 15 is 0 Å². The topological polar surface area (TPSA) is 314 Å². The van der Waals surface area contributed by atoms with Crippen LogP contribution >= 0.6 is 11.6 Å². The Morgan fingerprint density at radius 2 is 1.58 bits per heavy atom. The van der Waals surface area contributed by atoms with Gasteiger partial charge in [-0.25, -0.2) is 17.7 Å². The van der Waals surface area contributed by atoms with Crippen LogP contribution in [0, 0.1) is 23.7 Å². The SMILES string of the molecule is CC[C@H](C)[C@H](N)C(=O)C(C[C@@](N)(C(=O)C(=O)N(CC(=O)NC(=O)[C@H](CC(C)C)NC(=O)c1cnccn1)S(=O)(=O)c1cc(C(=O)NCC(F)(F)F)ccc1Cl)C1CCCCC1)C(=O)[C@H](C)N. The molecule has 3 rings (SSSR count). The molecule has 1 saturated carbocycles. The molecule has 1 aromatic heterocycles. The number of hydrogen-bond donors (Lipinski definition) is 6. The van der Waals surface area contributed by atoms with Crippen molar-refractivity contribution in [1.29, 1.82) is 0 Å². The third-order valence-corrected chi connectivity index (χ3v) is 13.5. The van der Waals surface area contributed by atoms with Gasteiger partial charge in [0.05, 0.1) is 34.8 Å². The molecular formula is C42H57ClF3N9O10S.